The first-order valence-corrected chi connectivity index (χ1v) is 12.1. The number of nitrogens with one attached hydrogen (secondary N) is 1. The van der Waals surface area contributed by atoms with Crippen LogP contribution in [0.3, 0.4) is 0 Å². The number of esters is 1. The van der Waals surface area contributed by atoms with E-state index in [4.69, 9.17) is 9.47 Å². The Morgan fingerprint density at radius 2 is 1.97 bits per heavy atom. The fourth-order valence-electron chi connectivity index (χ4n) is 3.07. The third-order valence-electron chi connectivity index (χ3n) is 4.59. The first-order valence-electron chi connectivity index (χ1n) is 10.3. The lowest BCUT2D eigenvalue weighted by molar-refractivity contribution is -0.113. The molecule has 0 unspecified atom stereocenters. The molecule has 8 nitrogen and oxygen atoms in total. The number of benzene rings is 1. The maximum absolute atomic E-state index is 12.6. The van der Waals surface area contributed by atoms with Crippen LogP contribution >= 0.6 is 23.1 Å². The van der Waals surface area contributed by atoms with E-state index in [0.717, 1.165) is 16.9 Å². The zero-order valence-electron chi connectivity index (χ0n) is 18.5. The van der Waals surface area contributed by atoms with Crippen LogP contribution in [0.4, 0.5) is 5.00 Å². The minimum Gasteiger partial charge on any atom is -0.496 e. The van der Waals surface area contributed by atoms with Crippen molar-refractivity contribution in [3.63, 3.8) is 0 Å². The Bertz CT molecular complexity index is 1090. The normalized spacial score (nSPS) is 10.8. The van der Waals surface area contributed by atoms with Crippen molar-refractivity contribution in [2.45, 2.75) is 38.9 Å². The zero-order valence-corrected chi connectivity index (χ0v) is 20.1. The lowest BCUT2D eigenvalue weighted by atomic mass is 10.2. The van der Waals surface area contributed by atoms with Crippen molar-refractivity contribution in [3.8, 4) is 17.1 Å². The largest absolute Gasteiger partial charge is 0.496 e. The van der Waals surface area contributed by atoms with Crippen molar-refractivity contribution in [1.29, 1.82) is 0 Å². The van der Waals surface area contributed by atoms with Crippen LogP contribution in [0.25, 0.3) is 11.4 Å². The predicted molar refractivity (Wildman–Crippen MR) is 127 cm³/mol. The number of amides is 1. The molecule has 3 aromatic rings. The molecule has 1 aromatic carbocycles. The van der Waals surface area contributed by atoms with Crippen LogP contribution in [0.2, 0.25) is 0 Å². The molecular formula is C22H26N4O4S2. The van der Waals surface area contributed by atoms with Crippen LogP contribution in [0.1, 0.15) is 36.0 Å². The van der Waals surface area contributed by atoms with Gasteiger partial charge in [-0.3, -0.25) is 4.79 Å². The van der Waals surface area contributed by atoms with E-state index in [1.54, 1.807) is 20.1 Å². The molecule has 32 heavy (non-hydrogen) atoms. The summed E-state index contributed by atoms with van der Waals surface area (Å²) in [6.07, 6.45) is 0.771. The molecule has 3 rings (SSSR count). The number of ether oxygens (including phenoxy) is 2. The van der Waals surface area contributed by atoms with Gasteiger partial charge in [0.2, 0.25) is 5.91 Å². The molecule has 0 aliphatic carbocycles. The number of carbonyl (C=O) groups excluding carboxylic acids is 2. The molecule has 0 bridgehead atoms. The second-order valence-corrected chi connectivity index (χ2v) is 8.70. The summed E-state index contributed by atoms with van der Waals surface area (Å²) in [7, 11) is 1.62. The molecule has 0 saturated heterocycles. The highest BCUT2D eigenvalue weighted by Crippen LogP contribution is 2.32. The SMILES string of the molecule is CCOC(=O)c1cc(CC)sc1NC(=O)CSc1nnc(-c2ccccc2OC)n1CC. The summed E-state index contributed by atoms with van der Waals surface area (Å²) < 4.78 is 12.5. The van der Waals surface area contributed by atoms with Gasteiger partial charge >= 0.3 is 5.97 Å². The molecule has 0 aliphatic rings. The summed E-state index contributed by atoms with van der Waals surface area (Å²) in [5, 5.41) is 12.6. The van der Waals surface area contributed by atoms with Crippen LogP contribution in [0.15, 0.2) is 35.5 Å². The molecule has 10 heteroatoms. The fraction of sp³-hybridized carbons (Fsp3) is 0.364. The first-order chi connectivity index (χ1) is 15.5. The molecule has 0 aliphatic heterocycles. The number of anilines is 1. The third-order valence-corrected chi connectivity index (χ3v) is 6.75. The van der Waals surface area contributed by atoms with Crippen LogP contribution in [0, 0.1) is 0 Å². The van der Waals surface area contributed by atoms with E-state index >= 15 is 0 Å². The number of hydrogen-bond acceptors (Lipinski definition) is 8. The lowest BCUT2D eigenvalue weighted by Gasteiger charge is -2.10. The van der Waals surface area contributed by atoms with Gasteiger partial charge in [-0.15, -0.1) is 21.5 Å². The van der Waals surface area contributed by atoms with E-state index in [-0.39, 0.29) is 18.3 Å². The van der Waals surface area contributed by atoms with E-state index in [9.17, 15) is 9.59 Å². The summed E-state index contributed by atoms with van der Waals surface area (Å²) >= 11 is 2.68. The van der Waals surface area contributed by atoms with Crippen LogP contribution in [-0.4, -0.2) is 46.1 Å². The van der Waals surface area contributed by atoms with Gasteiger partial charge in [0, 0.05) is 11.4 Å². The molecule has 2 heterocycles. The van der Waals surface area contributed by atoms with E-state index in [1.807, 2.05) is 42.7 Å². The minimum atomic E-state index is -0.432. The summed E-state index contributed by atoms with van der Waals surface area (Å²) in [5.41, 5.74) is 1.23. The Morgan fingerprint density at radius 3 is 2.66 bits per heavy atom. The van der Waals surface area contributed by atoms with Gasteiger partial charge in [0.25, 0.3) is 0 Å². The molecule has 0 saturated carbocycles. The quantitative estimate of drug-likeness (QED) is 0.341. The van der Waals surface area contributed by atoms with Gasteiger partial charge in [-0.1, -0.05) is 30.8 Å². The van der Waals surface area contributed by atoms with Crippen LogP contribution < -0.4 is 10.1 Å². The number of carbonyl (C=O) groups is 2. The van der Waals surface area contributed by atoms with Gasteiger partial charge in [-0.25, -0.2) is 4.79 Å². The Balaban J connectivity index is 1.73. The Hall–Kier alpha value is -2.85. The van der Waals surface area contributed by atoms with Crippen molar-refractivity contribution in [3.05, 3.63) is 40.8 Å². The molecule has 2 aromatic heterocycles. The lowest BCUT2D eigenvalue weighted by Crippen LogP contribution is -2.16. The second kappa shape index (κ2) is 11.1. The standard InChI is InChI=1S/C22H26N4O4S2/c1-5-14-12-16(21(28)30-7-3)20(32-14)23-18(27)13-31-22-25-24-19(26(22)6-2)15-10-8-9-11-17(15)29-4/h8-12H,5-7,13H2,1-4H3,(H,23,27). The number of aromatic nitrogens is 3. The number of thioether (sulfide) groups is 1. The highest BCUT2D eigenvalue weighted by atomic mass is 32.2. The topological polar surface area (TPSA) is 95.3 Å². The molecule has 0 spiro atoms. The summed E-state index contributed by atoms with van der Waals surface area (Å²) in [6.45, 7) is 6.67. The number of hydrogen-bond donors (Lipinski definition) is 1. The van der Waals surface area contributed by atoms with Gasteiger partial charge < -0.3 is 19.4 Å². The van der Waals surface area contributed by atoms with E-state index in [0.29, 0.717) is 33.8 Å². The maximum Gasteiger partial charge on any atom is 0.341 e. The molecule has 170 valence electrons. The highest BCUT2D eigenvalue weighted by molar-refractivity contribution is 7.99. The minimum absolute atomic E-state index is 0.131. The molecular weight excluding hydrogens is 448 g/mol. The number of para-hydroxylation sites is 1. The van der Waals surface area contributed by atoms with E-state index in [2.05, 4.69) is 15.5 Å². The monoisotopic (exact) mass is 474 g/mol. The first kappa shape index (κ1) is 23.8. The molecule has 1 N–H and O–H groups in total. The number of rotatable bonds is 10. The van der Waals surface area contributed by atoms with Gasteiger partial charge in [0.15, 0.2) is 11.0 Å². The van der Waals surface area contributed by atoms with Crippen LogP contribution in [0.5, 0.6) is 5.75 Å². The van der Waals surface area contributed by atoms with Gasteiger partial charge in [-0.05, 0) is 38.5 Å². The van der Waals surface area contributed by atoms with Gasteiger partial charge in [-0.2, -0.15) is 0 Å². The average Bonchev–Trinajstić information content (AvgIpc) is 3.41. The zero-order chi connectivity index (χ0) is 23.1. The summed E-state index contributed by atoms with van der Waals surface area (Å²) in [5.74, 6) is 0.863. The Morgan fingerprint density at radius 1 is 1.19 bits per heavy atom. The Kier molecular flexibility index (Phi) is 8.29. The van der Waals surface area contributed by atoms with E-state index < -0.39 is 5.97 Å². The van der Waals surface area contributed by atoms with Crippen molar-refractivity contribution in [1.82, 2.24) is 14.8 Å². The fourth-order valence-corrected chi connectivity index (χ4v) is 4.87. The maximum atomic E-state index is 12.6. The molecule has 0 fully saturated rings. The summed E-state index contributed by atoms with van der Waals surface area (Å²) in [4.78, 5) is 25.9. The number of aryl methyl sites for hydroxylation is 1. The van der Waals surface area contributed by atoms with Crippen molar-refractivity contribution in [2.75, 3.05) is 24.8 Å². The van der Waals surface area contributed by atoms with Crippen molar-refractivity contribution >= 4 is 40.0 Å². The number of nitrogens with zero attached hydrogens (tertiary/aromatic N) is 3. The number of methoxy groups -OCH3 is 1. The summed E-state index contributed by atoms with van der Waals surface area (Å²) in [6, 6.07) is 9.39. The predicted octanol–water partition coefficient (Wildman–Crippen LogP) is 4.51. The van der Waals surface area contributed by atoms with E-state index in [1.165, 1.54) is 23.1 Å². The molecule has 0 radical (unpaired) electrons. The highest BCUT2D eigenvalue weighted by Gasteiger charge is 2.20. The van der Waals surface area contributed by atoms with Gasteiger partial charge in [0.05, 0.1) is 30.6 Å². The van der Waals surface area contributed by atoms with Crippen molar-refractivity contribution in [2.24, 2.45) is 0 Å². The third kappa shape index (κ3) is 5.31. The molecule has 1 amide bonds. The van der Waals surface area contributed by atoms with Gasteiger partial charge in [0.1, 0.15) is 10.8 Å². The molecule has 0 atom stereocenters. The average molecular weight is 475 g/mol. The smallest absolute Gasteiger partial charge is 0.341 e. The van der Waals surface area contributed by atoms with Crippen LogP contribution in [-0.2, 0) is 22.5 Å². The Labute approximate surface area is 195 Å². The number of thiophene rings is 1. The second-order valence-electron chi connectivity index (χ2n) is 6.62. The van der Waals surface area contributed by atoms with Crippen molar-refractivity contribution < 1.29 is 19.1 Å².